The fraction of sp³-hybridized carbons (Fsp3) is 0.857. The number of hydrogen-bond acceptors (Lipinski definition) is 1. The van der Waals surface area contributed by atoms with Gasteiger partial charge in [0.05, 0.1) is 0 Å². The number of halogens is 1. The first kappa shape index (κ1) is 10.2. The lowest BCUT2D eigenvalue weighted by Crippen LogP contribution is -2.36. The van der Waals surface area contributed by atoms with Crippen LogP contribution < -0.4 is 5.32 Å². The van der Waals surface area contributed by atoms with Gasteiger partial charge in [-0.15, -0.1) is 0 Å². The van der Waals surface area contributed by atoms with E-state index in [9.17, 15) is 4.79 Å². The van der Waals surface area contributed by atoms with E-state index in [0.717, 1.165) is 4.43 Å². The molecule has 1 amide bonds. The zero-order valence-corrected chi connectivity index (χ0v) is 8.81. The highest BCUT2D eigenvalue weighted by atomic mass is 127. The molecule has 1 N–H and O–H groups in total. The fourth-order valence-corrected chi connectivity index (χ4v) is 0.668. The van der Waals surface area contributed by atoms with Gasteiger partial charge >= 0.3 is 0 Å². The van der Waals surface area contributed by atoms with Gasteiger partial charge in [-0.1, -0.05) is 36.4 Å². The summed E-state index contributed by atoms with van der Waals surface area (Å²) in [6.07, 6.45) is 0. The molecule has 1 unspecified atom stereocenters. The van der Waals surface area contributed by atoms with Crippen LogP contribution in [0.25, 0.3) is 0 Å². The Hall–Kier alpha value is 0.200. The van der Waals surface area contributed by atoms with Crippen molar-refractivity contribution in [1.82, 2.24) is 5.32 Å². The first-order valence-electron chi connectivity index (χ1n) is 3.44. The normalized spacial score (nSPS) is 13.3. The molecular weight excluding hydrogens is 241 g/mol. The van der Waals surface area contributed by atoms with E-state index < -0.39 is 0 Å². The Kier molecular flexibility index (Phi) is 5.03. The van der Waals surface area contributed by atoms with Gasteiger partial charge in [-0.2, -0.15) is 0 Å². The molecule has 0 aromatic heterocycles. The van der Waals surface area contributed by atoms with Crippen LogP contribution in [0.1, 0.15) is 20.8 Å². The second-order valence-corrected chi connectivity index (χ2v) is 3.60. The largest absolute Gasteiger partial charge is 0.353 e. The predicted molar refractivity (Wildman–Crippen MR) is 51.3 cm³/mol. The molecule has 10 heavy (non-hydrogen) atoms. The van der Waals surface area contributed by atoms with E-state index in [1.165, 1.54) is 0 Å². The van der Waals surface area contributed by atoms with Crippen molar-refractivity contribution >= 4 is 28.5 Å². The maximum Gasteiger partial charge on any atom is 0.222 e. The fourth-order valence-electron chi connectivity index (χ4n) is 0.448. The standard InChI is InChI=1S/C7H14INO/c1-5(2)7(10)9-6(3)4-8/h5-6H,4H2,1-3H3,(H,9,10). The Morgan fingerprint density at radius 2 is 2.00 bits per heavy atom. The Morgan fingerprint density at radius 1 is 1.50 bits per heavy atom. The van der Waals surface area contributed by atoms with E-state index in [4.69, 9.17) is 0 Å². The summed E-state index contributed by atoms with van der Waals surface area (Å²) in [4.78, 5) is 11.0. The van der Waals surface area contributed by atoms with Gasteiger partial charge in [0, 0.05) is 16.4 Å². The minimum Gasteiger partial charge on any atom is -0.353 e. The molecule has 0 aliphatic carbocycles. The molecule has 0 aliphatic heterocycles. The van der Waals surface area contributed by atoms with Crippen LogP contribution in [0.15, 0.2) is 0 Å². The Bertz CT molecular complexity index is 114. The lowest BCUT2D eigenvalue weighted by Gasteiger charge is -2.12. The molecule has 0 saturated carbocycles. The summed E-state index contributed by atoms with van der Waals surface area (Å²) in [5, 5.41) is 2.88. The molecule has 0 spiro atoms. The van der Waals surface area contributed by atoms with E-state index in [1.807, 2.05) is 20.8 Å². The van der Waals surface area contributed by atoms with E-state index in [1.54, 1.807) is 0 Å². The number of alkyl halides is 1. The third-order valence-electron chi connectivity index (χ3n) is 1.14. The zero-order chi connectivity index (χ0) is 8.15. The predicted octanol–water partition coefficient (Wildman–Crippen LogP) is 1.58. The van der Waals surface area contributed by atoms with E-state index in [0.29, 0.717) is 6.04 Å². The summed E-state index contributed by atoms with van der Waals surface area (Å²) in [5.41, 5.74) is 0. The summed E-state index contributed by atoms with van der Waals surface area (Å²) in [7, 11) is 0. The van der Waals surface area contributed by atoms with Crippen molar-refractivity contribution in [3.05, 3.63) is 0 Å². The van der Waals surface area contributed by atoms with Gasteiger partial charge in [0.1, 0.15) is 0 Å². The third-order valence-corrected chi connectivity index (χ3v) is 2.47. The highest BCUT2D eigenvalue weighted by molar-refractivity contribution is 14.1. The Balaban J connectivity index is 3.57. The summed E-state index contributed by atoms with van der Waals surface area (Å²) in [6, 6.07) is 0.301. The molecule has 0 bridgehead atoms. The van der Waals surface area contributed by atoms with Crippen LogP contribution >= 0.6 is 22.6 Å². The molecule has 2 nitrogen and oxygen atoms in total. The van der Waals surface area contributed by atoms with Crippen LogP contribution in [0.3, 0.4) is 0 Å². The molecule has 0 aromatic carbocycles. The molecule has 0 rings (SSSR count). The molecule has 0 saturated heterocycles. The third kappa shape index (κ3) is 4.09. The second kappa shape index (κ2) is 4.93. The minimum atomic E-state index is 0.102. The molecule has 0 heterocycles. The summed E-state index contributed by atoms with van der Waals surface area (Å²) in [6.45, 7) is 5.80. The van der Waals surface area contributed by atoms with Gasteiger partial charge in [-0.25, -0.2) is 0 Å². The van der Waals surface area contributed by atoms with Crippen LogP contribution in [-0.4, -0.2) is 16.4 Å². The lowest BCUT2D eigenvalue weighted by molar-refractivity contribution is -0.124. The van der Waals surface area contributed by atoms with Gasteiger partial charge in [0.15, 0.2) is 0 Å². The Labute approximate surface area is 75.9 Å². The zero-order valence-electron chi connectivity index (χ0n) is 6.65. The van der Waals surface area contributed by atoms with Crippen molar-refractivity contribution in [2.45, 2.75) is 26.8 Å². The molecule has 1 atom stereocenters. The number of hydrogen-bond donors (Lipinski definition) is 1. The van der Waals surface area contributed by atoms with Crippen LogP contribution in [-0.2, 0) is 4.79 Å². The SMILES string of the molecule is CC(CI)NC(=O)C(C)C. The van der Waals surface area contributed by atoms with E-state index >= 15 is 0 Å². The molecule has 0 fully saturated rings. The van der Waals surface area contributed by atoms with Crippen molar-refractivity contribution < 1.29 is 4.79 Å². The van der Waals surface area contributed by atoms with Crippen LogP contribution in [0.2, 0.25) is 0 Å². The average molecular weight is 255 g/mol. The number of carbonyl (C=O) groups excluding carboxylic acids is 1. The molecule has 0 aliphatic rings. The van der Waals surface area contributed by atoms with Gasteiger partial charge in [-0.3, -0.25) is 4.79 Å². The van der Waals surface area contributed by atoms with Crippen molar-refractivity contribution in [2.24, 2.45) is 5.92 Å². The molecule has 0 radical (unpaired) electrons. The highest BCUT2D eigenvalue weighted by Crippen LogP contribution is 1.94. The molecule has 0 aromatic rings. The highest BCUT2D eigenvalue weighted by Gasteiger charge is 2.08. The summed E-state index contributed by atoms with van der Waals surface area (Å²) in [5.74, 6) is 0.245. The first-order chi connectivity index (χ1) is 4.57. The van der Waals surface area contributed by atoms with E-state index in [2.05, 4.69) is 27.9 Å². The maximum atomic E-state index is 11.0. The summed E-state index contributed by atoms with van der Waals surface area (Å²) >= 11 is 2.26. The van der Waals surface area contributed by atoms with Crippen molar-refractivity contribution in [3.63, 3.8) is 0 Å². The van der Waals surface area contributed by atoms with Gasteiger partial charge in [-0.05, 0) is 6.92 Å². The van der Waals surface area contributed by atoms with Gasteiger partial charge < -0.3 is 5.32 Å². The maximum absolute atomic E-state index is 11.0. The molecular formula is C7H14INO. The van der Waals surface area contributed by atoms with E-state index in [-0.39, 0.29) is 11.8 Å². The topological polar surface area (TPSA) is 29.1 Å². The lowest BCUT2D eigenvalue weighted by atomic mass is 10.2. The number of amides is 1. The quantitative estimate of drug-likeness (QED) is 0.602. The van der Waals surface area contributed by atoms with Crippen LogP contribution in [0.4, 0.5) is 0 Å². The number of carbonyl (C=O) groups is 1. The minimum absolute atomic E-state index is 0.102. The van der Waals surface area contributed by atoms with Crippen LogP contribution in [0.5, 0.6) is 0 Å². The summed E-state index contributed by atoms with van der Waals surface area (Å²) < 4.78 is 0.968. The van der Waals surface area contributed by atoms with Crippen LogP contribution in [0, 0.1) is 5.92 Å². The van der Waals surface area contributed by atoms with Gasteiger partial charge in [0.25, 0.3) is 0 Å². The molecule has 60 valence electrons. The first-order valence-corrected chi connectivity index (χ1v) is 4.96. The molecule has 3 heteroatoms. The monoisotopic (exact) mass is 255 g/mol. The van der Waals surface area contributed by atoms with Crippen molar-refractivity contribution in [3.8, 4) is 0 Å². The second-order valence-electron chi connectivity index (χ2n) is 2.72. The Morgan fingerprint density at radius 3 is 2.30 bits per heavy atom. The average Bonchev–Trinajstić information content (AvgIpc) is 1.87. The van der Waals surface area contributed by atoms with Gasteiger partial charge in [0.2, 0.25) is 5.91 Å². The van der Waals surface area contributed by atoms with Crippen molar-refractivity contribution in [1.29, 1.82) is 0 Å². The smallest absolute Gasteiger partial charge is 0.222 e. The number of rotatable bonds is 3. The van der Waals surface area contributed by atoms with Crippen molar-refractivity contribution in [2.75, 3.05) is 4.43 Å². The number of nitrogens with one attached hydrogen (secondary N) is 1.